The third kappa shape index (κ3) is 4.87. The van der Waals surface area contributed by atoms with Gasteiger partial charge in [-0.25, -0.2) is 0 Å². The first-order valence-electron chi connectivity index (χ1n) is 6.00. The topological polar surface area (TPSA) is 55.1 Å². The van der Waals surface area contributed by atoms with Crippen molar-refractivity contribution in [3.05, 3.63) is 53.7 Å². The molecule has 3 N–H and O–H groups in total. The number of hydrogen-bond acceptors (Lipinski definition) is 3. The summed E-state index contributed by atoms with van der Waals surface area (Å²) in [6, 6.07) is 9.92. The van der Waals surface area contributed by atoms with Crippen LogP contribution in [0.2, 0.25) is 0 Å². The van der Waals surface area contributed by atoms with E-state index in [0.717, 1.165) is 11.3 Å². The van der Waals surface area contributed by atoms with E-state index >= 15 is 0 Å². The van der Waals surface area contributed by atoms with Crippen LogP contribution in [-0.4, -0.2) is 11.8 Å². The SMILES string of the molecule is CC(=O)/C=C(\C=C(/N)c1ccccc1)NC(C)C. The minimum atomic E-state index is -0.00439. The predicted molar refractivity (Wildman–Crippen MR) is 75.6 cm³/mol. The molecule has 1 rings (SSSR count). The molecule has 18 heavy (non-hydrogen) atoms. The summed E-state index contributed by atoms with van der Waals surface area (Å²) in [7, 11) is 0. The van der Waals surface area contributed by atoms with Gasteiger partial charge in [0.15, 0.2) is 5.78 Å². The molecule has 0 saturated heterocycles. The highest BCUT2D eigenvalue weighted by Crippen LogP contribution is 2.10. The summed E-state index contributed by atoms with van der Waals surface area (Å²) >= 11 is 0. The first-order valence-corrected chi connectivity index (χ1v) is 6.00. The quantitative estimate of drug-likeness (QED) is 0.618. The predicted octanol–water partition coefficient (Wildman–Crippen LogP) is 2.46. The summed E-state index contributed by atoms with van der Waals surface area (Å²) in [5.41, 5.74) is 8.33. The highest BCUT2D eigenvalue weighted by molar-refractivity contribution is 5.88. The normalized spacial score (nSPS) is 12.7. The van der Waals surface area contributed by atoms with E-state index in [0.29, 0.717) is 5.70 Å². The maximum Gasteiger partial charge on any atom is 0.154 e. The molecule has 0 spiro atoms. The van der Waals surface area contributed by atoms with Gasteiger partial charge in [0.1, 0.15) is 0 Å². The maximum absolute atomic E-state index is 11.2. The third-order valence-corrected chi connectivity index (χ3v) is 2.23. The van der Waals surface area contributed by atoms with Gasteiger partial charge in [0.2, 0.25) is 0 Å². The molecule has 0 atom stereocenters. The fourth-order valence-electron chi connectivity index (χ4n) is 1.56. The lowest BCUT2D eigenvalue weighted by atomic mass is 10.1. The van der Waals surface area contributed by atoms with Crippen molar-refractivity contribution >= 4 is 11.5 Å². The van der Waals surface area contributed by atoms with E-state index in [1.165, 1.54) is 6.92 Å². The number of carbonyl (C=O) groups excluding carboxylic acids is 1. The molecule has 0 aliphatic rings. The molecular formula is C15H20N2O. The molecule has 0 radical (unpaired) electrons. The summed E-state index contributed by atoms with van der Waals surface area (Å²) in [6.07, 6.45) is 3.34. The van der Waals surface area contributed by atoms with Crippen molar-refractivity contribution in [1.29, 1.82) is 0 Å². The fraction of sp³-hybridized carbons (Fsp3) is 0.267. The molecule has 0 aromatic heterocycles. The van der Waals surface area contributed by atoms with Gasteiger partial charge >= 0.3 is 0 Å². The second-order valence-electron chi connectivity index (χ2n) is 4.48. The Morgan fingerprint density at radius 3 is 2.33 bits per heavy atom. The van der Waals surface area contributed by atoms with Crippen LogP contribution in [0.3, 0.4) is 0 Å². The number of nitrogens with two attached hydrogens (primary N) is 1. The second kappa shape index (κ2) is 6.64. The Bertz CT molecular complexity index is 459. The first-order chi connectivity index (χ1) is 8.49. The van der Waals surface area contributed by atoms with Crippen molar-refractivity contribution in [3.8, 4) is 0 Å². The summed E-state index contributed by atoms with van der Waals surface area (Å²) in [4.78, 5) is 11.2. The lowest BCUT2D eigenvalue weighted by molar-refractivity contribution is -0.112. The average Bonchev–Trinajstić information content (AvgIpc) is 2.28. The van der Waals surface area contributed by atoms with E-state index in [1.54, 1.807) is 12.2 Å². The number of carbonyl (C=O) groups is 1. The van der Waals surface area contributed by atoms with Crippen LogP contribution in [0.25, 0.3) is 5.70 Å². The van der Waals surface area contributed by atoms with E-state index in [2.05, 4.69) is 5.32 Å². The van der Waals surface area contributed by atoms with Crippen LogP contribution in [-0.2, 0) is 4.79 Å². The Kier molecular flexibility index (Phi) is 5.18. The zero-order valence-electron chi connectivity index (χ0n) is 11.1. The minimum absolute atomic E-state index is 0.00439. The molecule has 0 aliphatic carbocycles. The van der Waals surface area contributed by atoms with E-state index in [4.69, 9.17) is 5.73 Å². The average molecular weight is 244 g/mol. The van der Waals surface area contributed by atoms with E-state index in [-0.39, 0.29) is 11.8 Å². The van der Waals surface area contributed by atoms with Gasteiger partial charge < -0.3 is 11.1 Å². The van der Waals surface area contributed by atoms with E-state index < -0.39 is 0 Å². The smallest absolute Gasteiger partial charge is 0.154 e. The number of ketones is 1. The molecule has 0 unspecified atom stereocenters. The van der Waals surface area contributed by atoms with Crippen LogP contribution >= 0.6 is 0 Å². The summed E-state index contributed by atoms with van der Waals surface area (Å²) < 4.78 is 0. The van der Waals surface area contributed by atoms with Crippen LogP contribution in [0.15, 0.2) is 48.2 Å². The van der Waals surface area contributed by atoms with Crippen molar-refractivity contribution in [3.63, 3.8) is 0 Å². The van der Waals surface area contributed by atoms with Crippen molar-refractivity contribution < 1.29 is 4.79 Å². The van der Waals surface area contributed by atoms with Gasteiger partial charge in [-0.15, -0.1) is 0 Å². The number of allylic oxidation sites excluding steroid dienone is 2. The number of nitrogens with one attached hydrogen (secondary N) is 1. The Labute approximate surface area is 108 Å². The summed E-state index contributed by atoms with van der Waals surface area (Å²) in [5.74, 6) is -0.00439. The maximum atomic E-state index is 11.2. The van der Waals surface area contributed by atoms with Gasteiger partial charge in [-0.1, -0.05) is 30.3 Å². The van der Waals surface area contributed by atoms with Crippen molar-refractivity contribution in [1.82, 2.24) is 5.32 Å². The molecule has 0 saturated carbocycles. The van der Waals surface area contributed by atoms with Crippen molar-refractivity contribution in [2.45, 2.75) is 26.8 Å². The van der Waals surface area contributed by atoms with Gasteiger partial charge in [0, 0.05) is 23.5 Å². The highest BCUT2D eigenvalue weighted by Gasteiger charge is 2.01. The van der Waals surface area contributed by atoms with Gasteiger partial charge in [-0.3, -0.25) is 4.79 Å². The summed E-state index contributed by atoms with van der Waals surface area (Å²) in [6.45, 7) is 5.55. The Hall–Kier alpha value is -2.03. The highest BCUT2D eigenvalue weighted by atomic mass is 16.1. The zero-order valence-corrected chi connectivity index (χ0v) is 11.1. The zero-order chi connectivity index (χ0) is 13.5. The van der Waals surface area contributed by atoms with Crippen LogP contribution in [0.4, 0.5) is 0 Å². The minimum Gasteiger partial charge on any atom is -0.398 e. The molecule has 0 bridgehead atoms. The van der Waals surface area contributed by atoms with Gasteiger partial charge in [-0.2, -0.15) is 0 Å². The fourth-order valence-corrected chi connectivity index (χ4v) is 1.56. The molecule has 1 aromatic rings. The molecule has 0 fully saturated rings. The van der Waals surface area contributed by atoms with Crippen molar-refractivity contribution in [2.75, 3.05) is 0 Å². The molecule has 0 heterocycles. The Morgan fingerprint density at radius 2 is 1.83 bits per heavy atom. The standard InChI is InChI=1S/C15H20N2O/c1-11(2)17-14(9-12(3)18)10-15(16)13-7-5-4-6-8-13/h4-11,17H,16H2,1-3H3/b14-9+,15-10-. The Balaban J connectivity index is 2.98. The van der Waals surface area contributed by atoms with E-state index in [1.807, 2.05) is 44.2 Å². The van der Waals surface area contributed by atoms with Crippen LogP contribution in [0, 0.1) is 0 Å². The lowest BCUT2D eigenvalue weighted by Gasteiger charge is -2.12. The lowest BCUT2D eigenvalue weighted by Crippen LogP contribution is -2.22. The monoisotopic (exact) mass is 244 g/mol. The van der Waals surface area contributed by atoms with Crippen LogP contribution in [0.1, 0.15) is 26.3 Å². The van der Waals surface area contributed by atoms with Crippen LogP contribution < -0.4 is 11.1 Å². The third-order valence-electron chi connectivity index (χ3n) is 2.23. The second-order valence-corrected chi connectivity index (χ2v) is 4.48. The van der Waals surface area contributed by atoms with Crippen molar-refractivity contribution in [2.24, 2.45) is 5.73 Å². The molecular weight excluding hydrogens is 224 g/mol. The molecule has 0 aliphatic heterocycles. The van der Waals surface area contributed by atoms with Gasteiger partial charge in [0.05, 0.1) is 0 Å². The molecule has 3 heteroatoms. The number of hydrogen-bond donors (Lipinski definition) is 2. The van der Waals surface area contributed by atoms with Gasteiger partial charge in [0.25, 0.3) is 0 Å². The largest absolute Gasteiger partial charge is 0.398 e. The number of rotatable bonds is 5. The number of benzene rings is 1. The molecule has 1 aromatic carbocycles. The molecule has 0 amide bonds. The van der Waals surface area contributed by atoms with Gasteiger partial charge in [-0.05, 0) is 32.4 Å². The molecule has 96 valence electrons. The summed E-state index contributed by atoms with van der Waals surface area (Å²) in [5, 5.41) is 3.20. The van der Waals surface area contributed by atoms with Crippen LogP contribution in [0.5, 0.6) is 0 Å². The Morgan fingerprint density at radius 1 is 1.22 bits per heavy atom. The first kappa shape index (κ1) is 14.0. The van der Waals surface area contributed by atoms with E-state index in [9.17, 15) is 4.79 Å². The molecule has 3 nitrogen and oxygen atoms in total.